The Morgan fingerprint density at radius 3 is 1.73 bits per heavy atom. The number of anilines is 2. The number of amides is 4. The lowest BCUT2D eigenvalue weighted by molar-refractivity contribution is -0.192. The van der Waals surface area contributed by atoms with Gasteiger partial charge < -0.3 is 41.9 Å². The third-order valence-corrected chi connectivity index (χ3v) is 12.1. The van der Waals surface area contributed by atoms with Crippen LogP contribution in [0.15, 0.2) is 103 Å². The number of nitrogens with two attached hydrogens (primary N) is 1. The lowest BCUT2D eigenvalue weighted by Crippen LogP contribution is -2.55. The number of rotatable bonds is 8. The molecule has 1 fully saturated rings. The van der Waals surface area contributed by atoms with Crippen LogP contribution in [0.5, 0.6) is 0 Å². The fraction of sp³-hybridized carbons (Fsp3) is 0.348. The molecule has 4 heterocycles. The Bertz CT molecular complexity index is 2440. The smallest absolute Gasteiger partial charge is 0.475 e. The number of sulfonamides is 1. The molecule has 4 aromatic carbocycles. The van der Waals surface area contributed by atoms with Crippen molar-refractivity contribution in [2.45, 2.75) is 62.7 Å². The molecule has 21 heteroatoms. The molecule has 9 N–H and O–H groups in total. The summed E-state index contributed by atoms with van der Waals surface area (Å²) >= 11 is 0. The van der Waals surface area contributed by atoms with Crippen molar-refractivity contribution >= 4 is 56.8 Å². The molecule has 4 amide bonds. The number of hydrogen-bond acceptors (Lipinski definition) is 10. The number of carbonyl (C=O) groups is 5. The number of amidine groups is 1. The first-order chi connectivity index (χ1) is 31.8. The number of fused-ring (bicyclic) bond motifs is 2. The van der Waals surface area contributed by atoms with Crippen molar-refractivity contribution in [3.63, 3.8) is 0 Å². The van der Waals surface area contributed by atoms with Gasteiger partial charge >= 0.3 is 12.1 Å². The molecule has 358 valence electrons. The second-order valence-corrected chi connectivity index (χ2v) is 17.8. The van der Waals surface area contributed by atoms with Gasteiger partial charge in [-0.2, -0.15) is 13.2 Å². The minimum Gasteiger partial charge on any atom is -0.475 e. The van der Waals surface area contributed by atoms with Gasteiger partial charge in [-0.05, 0) is 72.5 Å². The second-order valence-electron chi connectivity index (χ2n) is 16.0. The van der Waals surface area contributed by atoms with E-state index in [2.05, 4.69) is 35.8 Å². The summed E-state index contributed by atoms with van der Waals surface area (Å²) in [5.74, 6) is -4.70. The van der Waals surface area contributed by atoms with Crippen LogP contribution in [-0.2, 0) is 59.1 Å². The maximum Gasteiger partial charge on any atom is 0.490 e. The SMILES string of the molecule is N=C(N)c1ccc(CNC(=O)[C@@H]2Cc3ccc(cc3)NC(=O)CCN3CCCN(CCC(=O)Nc4ccc(cc4)C[C@@H](NS(=O)(=O)Cc4ccccc4)C(=O)N2)CC3)cc1.O=C(O)C(F)(F)F. The molecule has 4 aliphatic rings. The fourth-order valence-electron chi connectivity index (χ4n) is 7.19. The van der Waals surface area contributed by atoms with E-state index >= 15 is 0 Å². The van der Waals surface area contributed by atoms with Crippen molar-refractivity contribution in [3.05, 3.63) is 131 Å². The van der Waals surface area contributed by atoms with E-state index in [1.54, 1.807) is 103 Å². The van der Waals surface area contributed by atoms with Gasteiger partial charge in [0.25, 0.3) is 0 Å². The van der Waals surface area contributed by atoms with Crippen LogP contribution in [0.2, 0.25) is 0 Å². The van der Waals surface area contributed by atoms with Crippen LogP contribution in [-0.4, -0.2) is 116 Å². The monoisotopic (exact) mass is 949 g/mol. The van der Waals surface area contributed by atoms with Gasteiger partial charge in [0, 0.05) is 68.9 Å². The molecule has 0 radical (unpaired) electrons. The molecule has 0 saturated carbocycles. The van der Waals surface area contributed by atoms with Crippen LogP contribution in [0.4, 0.5) is 24.5 Å². The summed E-state index contributed by atoms with van der Waals surface area (Å²) in [6, 6.07) is 26.9. The number of carbonyl (C=O) groups excluding carboxylic acids is 4. The topological polar surface area (TPSA) is 256 Å². The highest BCUT2D eigenvalue weighted by molar-refractivity contribution is 7.88. The Morgan fingerprint density at radius 2 is 1.24 bits per heavy atom. The Labute approximate surface area is 386 Å². The summed E-state index contributed by atoms with van der Waals surface area (Å²) in [5.41, 5.74) is 9.87. The van der Waals surface area contributed by atoms with Gasteiger partial charge in [0.1, 0.15) is 17.9 Å². The molecule has 8 rings (SSSR count). The summed E-state index contributed by atoms with van der Waals surface area (Å²) < 4.78 is 61.5. The minimum absolute atomic E-state index is 0.0503. The third kappa shape index (κ3) is 17.6. The molecule has 67 heavy (non-hydrogen) atoms. The van der Waals surface area contributed by atoms with Crippen molar-refractivity contribution in [1.82, 2.24) is 25.2 Å². The number of carboxylic acids is 1. The standard InChI is InChI=1S/C44H53N9O6S.C2HF3O2/c45-42(46)35-13-7-33(8-14-35)29-47-43(56)38-27-31-9-15-36(16-10-31)48-40(54)19-23-52-21-4-22-53(26-25-52)24-20-41(55)49-37-17-11-32(12-18-37)28-39(44(57)50-38)51-60(58,59)30-34-5-2-1-3-6-34;3-2(4,5)1(6)7/h1-3,5-18,38-39,51H,4,19-30H2,(H3,45,46)(H,47,56)(H,48,54)(H,49,55)(H,50,57);(H,6,7)/t38-,39+;/m0./s1. The number of nitrogens with one attached hydrogen (secondary N) is 6. The zero-order valence-corrected chi connectivity index (χ0v) is 37.3. The van der Waals surface area contributed by atoms with E-state index in [0.717, 1.165) is 38.2 Å². The van der Waals surface area contributed by atoms with Crippen molar-refractivity contribution in [3.8, 4) is 0 Å². The lowest BCUT2D eigenvalue weighted by Gasteiger charge is -2.24. The molecule has 0 spiro atoms. The van der Waals surface area contributed by atoms with E-state index in [1.165, 1.54) is 0 Å². The number of benzene rings is 4. The van der Waals surface area contributed by atoms with Crippen LogP contribution >= 0.6 is 0 Å². The number of halogens is 3. The number of nitrogen functional groups attached to an aromatic ring is 1. The van der Waals surface area contributed by atoms with Crippen LogP contribution in [0.25, 0.3) is 0 Å². The van der Waals surface area contributed by atoms with Crippen LogP contribution in [0, 0.1) is 5.41 Å². The first-order valence-corrected chi connectivity index (χ1v) is 23.0. The van der Waals surface area contributed by atoms with E-state index in [1.807, 2.05) is 0 Å². The average Bonchev–Trinajstić information content (AvgIpc) is 3.52. The largest absolute Gasteiger partial charge is 0.490 e. The number of aliphatic carboxylic acids is 1. The summed E-state index contributed by atoms with van der Waals surface area (Å²) in [4.78, 5) is 67.5. The Balaban J connectivity index is 0.00000111. The molecule has 4 atom stereocenters. The van der Waals surface area contributed by atoms with Gasteiger partial charge in [0.2, 0.25) is 33.7 Å². The van der Waals surface area contributed by atoms with Crippen LogP contribution < -0.4 is 31.7 Å². The molecular weight excluding hydrogens is 896 g/mol. The fourth-order valence-corrected chi connectivity index (χ4v) is 8.53. The summed E-state index contributed by atoms with van der Waals surface area (Å²) in [6.07, 6.45) is -3.54. The van der Waals surface area contributed by atoms with Gasteiger partial charge in [-0.3, -0.25) is 24.6 Å². The number of nitrogens with zero attached hydrogens (tertiary/aromatic N) is 2. The van der Waals surface area contributed by atoms with E-state index < -0.39 is 46.1 Å². The number of alkyl halides is 3. The summed E-state index contributed by atoms with van der Waals surface area (Å²) in [7, 11) is -4.06. The Kier molecular flexibility index (Phi) is 18.5. The highest BCUT2D eigenvalue weighted by atomic mass is 32.2. The first-order valence-electron chi connectivity index (χ1n) is 21.4. The molecule has 0 aromatic heterocycles. The Hall–Kier alpha value is -6.68. The molecule has 4 aromatic rings. The minimum atomic E-state index is -5.08. The summed E-state index contributed by atoms with van der Waals surface area (Å²) in [5, 5.41) is 26.4. The molecule has 2 unspecified atom stereocenters. The highest BCUT2D eigenvalue weighted by Gasteiger charge is 2.38. The molecule has 6 bridgehead atoms. The molecule has 0 aliphatic carbocycles. The predicted octanol–water partition coefficient (Wildman–Crippen LogP) is 3.36. The zero-order chi connectivity index (χ0) is 48.6. The lowest BCUT2D eigenvalue weighted by atomic mass is 10.0. The van der Waals surface area contributed by atoms with Crippen molar-refractivity contribution < 1.29 is 50.7 Å². The van der Waals surface area contributed by atoms with E-state index in [-0.39, 0.29) is 42.8 Å². The van der Waals surface area contributed by atoms with E-state index in [4.69, 9.17) is 21.0 Å². The average molecular weight is 950 g/mol. The zero-order valence-electron chi connectivity index (χ0n) is 36.5. The Morgan fingerprint density at radius 1 is 0.731 bits per heavy atom. The van der Waals surface area contributed by atoms with Gasteiger partial charge in [0.05, 0.1) is 5.75 Å². The highest BCUT2D eigenvalue weighted by Crippen LogP contribution is 2.17. The molecule has 1 saturated heterocycles. The second kappa shape index (κ2) is 24.2. The van der Waals surface area contributed by atoms with Crippen molar-refractivity contribution in [2.75, 3.05) is 49.9 Å². The van der Waals surface area contributed by atoms with Crippen molar-refractivity contribution in [2.24, 2.45) is 5.73 Å². The molecular formula is C46H54F3N9O8S. The number of carboxylic acid groups (broad SMARTS) is 1. The predicted molar refractivity (Wildman–Crippen MR) is 245 cm³/mol. The van der Waals surface area contributed by atoms with E-state index in [9.17, 15) is 40.8 Å². The number of hydrogen-bond donors (Lipinski definition) is 8. The maximum atomic E-state index is 14.3. The first kappa shape index (κ1) is 51.3. The van der Waals surface area contributed by atoms with Crippen LogP contribution in [0.3, 0.4) is 0 Å². The van der Waals surface area contributed by atoms with E-state index in [0.29, 0.717) is 59.6 Å². The molecule has 4 aliphatic heterocycles. The molecule has 17 nitrogen and oxygen atoms in total. The third-order valence-electron chi connectivity index (χ3n) is 10.8. The van der Waals surface area contributed by atoms with Gasteiger partial charge in [0.15, 0.2) is 0 Å². The van der Waals surface area contributed by atoms with Gasteiger partial charge in [-0.1, -0.05) is 78.9 Å². The van der Waals surface area contributed by atoms with Crippen LogP contribution in [0.1, 0.15) is 47.1 Å². The maximum absolute atomic E-state index is 14.3. The summed E-state index contributed by atoms with van der Waals surface area (Å²) in [6.45, 7) is 4.63. The van der Waals surface area contributed by atoms with Crippen molar-refractivity contribution in [1.29, 1.82) is 5.41 Å². The normalized spacial score (nSPS) is 20.0. The van der Waals surface area contributed by atoms with Gasteiger partial charge in [-0.25, -0.2) is 17.9 Å². The quantitative estimate of drug-likeness (QED) is 0.0939. The van der Waals surface area contributed by atoms with Gasteiger partial charge in [-0.15, -0.1) is 0 Å².